The predicted octanol–water partition coefficient (Wildman–Crippen LogP) is 12.5. The highest BCUT2D eigenvalue weighted by atomic mass is 16.3. The fraction of sp³-hybridized carbons (Fsp3) is 0.0213. The van der Waals surface area contributed by atoms with Crippen LogP contribution in [0.3, 0.4) is 0 Å². The first-order valence-electron chi connectivity index (χ1n) is 17.0. The summed E-state index contributed by atoms with van der Waals surface area (Å²) in [6.45, 7) is 0. The molecule has 0 saturated heterocycles. The van der Waals surface area contributed by atoms with Gasteiger partial charge in [-0.2, -0.15) is 0 Å². The Morgan fingerprint density at radius 2 is 0.980 bits per heavy atom. The smallest absolute Gasteiger partial charge is 0.135 e. The van der Waals surface area contributed by atoms with Crippen molar-refractivity contribution in [3.63, 3.8) is 0 Å². The van der Waals surface area contributed by atoms with Crippen molar-refractivity contribution in [1.29, 1.82) is 0 Å². The first-order valence-corrected chi connectivity index (χ1v) is 17.0. The number of anilines is 2. The van der Waals surface area contributed by atoms with Crippen LogP contribution in [-0.2, 0) is 5.41 Å². The summed E-state index contributed by atoms with van der Waals surface area (Å²) in [6.07, 6.45) is 0. The van der Waals surface area contributed by atoms with Crippen LogP contribution in [-0.4, -0.2) is 0 Å². The van der Waals surface area contributed by atoms with E-state index in [0.717, 1.165) is 33.3 Å². The number of furan rings is 1. The van der Waals surface area contributed by atoms with Crippen molar-refractivity contribution in [2.75, 3.05) is 5.32 Å². The Bertz CT molecular complexity index is 2930. The fourth-order valence-corrected chi connectivity index (χ4v) is 9.54. The minimum atomic E-state index is -0.446. The van der Waals surface area contributed by atoms with Gasteiger partial charge in [-0.15, -0.1) is 0 Å². The van der Waals surface area contributed by atoms with Gasteiger partial charge in [-0.1, -0.05) is 115 Å². The molecule has 1 N–H and O–H groups in total. The first-order chi connectivity index (χ1) is 24.3. The molecule has 0 bridgehead atoms. The second-order valence-electron chi connectivity index (χ2n) is 13.7. The predicted molar refractivity (Wildman–Crippen MR) is 202 cm³/mol. The molecule has 0 fully saturated rings. The average molecular weight is 622 g/mol. The molecule has 1 unspecified atom stereocenters. The van der Waals surface area contributed by atoms with E-state index in [-0.39, 0.29) is 0 Å². The van der Waals surface area contributed by atoms with E-state index in [1.807, 2.05) is 12.1 Å². The summed E-state index contributed by atoms with van der Waals surface area (Å²) in [5.41, 5.74) is 19.5. The molecule has 2 heteroatoms. The van der Waals surface area contributed by atoms with Crippen LogP contribution in [0.5, 0.6) is 0 Å². The van der Waals surface area contributed by atoms with Crippen LogP contribution >= 0.6 is 0 Å². The van der Waals surface area contributed by atoms with Crippen molar-refractivity contribution in [1.82, 2.24) is 0 Å². The van der Waals surface area contributed by atoms with Gasteiger partial charge in [0.05, 0.1) is 5.41 Å². The summed E-state index contributed by atoms with van der Waals surface area (Å²) >= 11 is 0. The van der Waals surface area contributed by atoms with E-state index < -0.39 is 5.41 Å². The number of benzene rings is 8. The van der Waals surface area contributed by atoms with Crippen LogP contribution in [0.15, 0.2) is 162 Å². The Morgan fingerprint density at radius 3 is 1.86 bits per heavy atom. The number of fused-ring (bicyclic) bond motifs is 17. The Labute approximate surface area is 282 Å². The van der Waals surface area contributed by atoms with Crippen molar-refractivity contribution in [2.24, 2.45) is 0 Å². The third-order valence-corrected chi connectivity index (χ3v) is 11.4. The molecule has 1 aromatic heterocycles. The van der Waals surface area contributed by atoms with Crippen LogP contribution in [0, 0.1) is 0 Å². The summed E-state index contributed by atoms with van der Waals surface area (Å²) in [6, 6.07) is 58.2. The maximum atomic E-state index is 6.13. The quantitative estimate of drug-likeness (QED) is 0.208. The third kappa shape index (κ3) is 3.08. The van der Waals surface area contributed by atoms with Gasteiger partial charge in [0, 0.05) is 22.1 Å². The zero-order chi connectivity index (χ0) is 31.8. The minimum absolute atomic E-state index is 0.446. The molecule has 0 radical (unpaired) electrons. The van der Waals surface area contributed by atoms with Crippen LogP contribution < -0.4 is 5.32 Å². The van der Waals surface area contributed by atoms with Gasteiger partial charge in [-0.3, -0.25) is 0 Å². The molecular formula is C47H27NO. The molecule has 1 heterocycles. The van der Waals surface area contributed by atoms with Crippen LogP contribution in [0.2, 0.25) is 0 Å². The lowest BCUT2D eigenvalue weighted by atomic mass is 9.70. The molecule has 8 aromatic carbocycles. The van der Waals surface area contributed by atoms with Crippen molar-refractivity contribution in [3.05, 3.63) is 180 Å². The number of hydrogen-bond donors (Lipinski definition) is 1. The highest BCUT2D eigenvalue weighted by Crippen LogP contribution is 2.65. The van der Waals surface area contributed by atoms with Gasteiger partial charge >= 0.3 is 0 Å². The molecule has 0 aliphatic heterocycles. The van der Waals surface area contributed by atoms with E-state index in [0.29, 0.717) is 0 Å². The molecule has 2 nitrogen and oxygen atoms in total. The largest absolute Gasteiger partial charge is 0.456 e. The van der Waals surface area contributed by atoms with E-state index in [9.17, 15) is 0 Å². The van der Waals surface area contributed by atoms with Crippen molar-refractivity contribution in [3.8, 4) is 44.5 Å². The standard InChI is InChI=1S/C47H27NO/c1-2-11-30-29(10-1)34-15-9-16-36-45(34)38(30)26-42-46(36)35-14-4-7-18-40(35)47(42)39-17-6-3-12-31(39)32-22-20-28(25-41(32)47)48-27-21-23-44-37(24-27)33-13-5-8-19-43(33)49-44/h1-26,48H. The van der Waals surface area contributed by atoms with E-state index in [1.165, 1.54) is 77.5 Å². The van der Waals surface area contributed by atoms with E-state index in [4.69, 9.17) is 4.42 Å². The van der Waals surface area contributed by atoms with Gasteiger partial charge in [0.1, 0.15) is 11.2 Å². The van der Waals surface area contributed by atoms with Gasteiger partial charge in [-0.05, 0) is 120 Å². The molecule has 1 spiro atoms. The maximum absolute atomic E-state index is 6.13. The summed E-state index contributed by atoms with van der Waals surface area (Å²) in [5.74, 6) is 0. The van der Waals surface area contributed by atoms with Crippen molar-refractivity contribution < 1.29 is 4.42 Å². The summed E-state index contributed by atoms with van der Waals surface area (Å²) in [7, 11) is 0. The van der Waals surface area contributed by atoms with Gasteiger partial charge in [0.2, 0.25) is 0 Å². The minimum Gasteiger partial charge on any atom is -0.456 e. The van der Waals surface area contributed by atoms with E-state index in [2.05, 4.69) is 151 Å². The summed E-state index contributed by atoms with van der Waals surface area (Å²) in [5, 5.41) is 8.76. The third-order valence-electron chi connectivity index (χ3n) is 11.4. The summed E-state index contributed by atoms with van der Waals surface area (Å²) in [4.78, 5) is 0. The van der Waals surface area contributed by atoms with Gasteiger partial charge < -0.3 is 9.73 Å². The SMILES string of the molecule is c1ccc2c(c1)-c1cccc3c4c(cc-2c13)C1(c2ccccc2-c2ccc(Nc3ccc5oc6ccccc6c5c3)cc21)c1ccccc1-4. The van der Waals surface area contributed by atoms with Gasteiger partial charge in [-0.25, -0.2) is 0 Å². The molecule has 0 amide bonds. The summed E-state index contributed by atoms with van der Waals surface area (Å²) < 4.78 is 6.13. The molecule has 12 rings (SSSR count). The molecule has 226 valence electrons. The zero-order valence-corrected chi connectivity index (χ0v) is 26.4. The second-order valence-corrected chi connectivity index (χ2v) is 13.7. The first kappa shape index (κ1) is 25.7. The Hall–Kier alpha value is -6.38. The van der Waals surface area contributed by atoms with E-state index >= 15 is 0 Å². The van der Waals surface area contributed by atoms with Crippen LogP contribution in [0.25, 0.3) is 77.2 Å². The van der Waals surface area contributed by atoms with Gasteiger partial charge in [0.25, 0.3) is 0 Å². The maximum Gasteiger partial charge on any atom is 0.135 e. The number of hydrogen-bond acceptors (Lipinski definition) is 2. The Morgan fingerprint density at radius 1 is 0.367 bits per heavy atom. The lowest BCUT2D eigenvalue weighted by Crippen LogP contribution is -2.26. The highest BCUT2D eigenvalue weighted by Gasteiger charge is 2.52. The average Bonchev–Trinajstić information content (AvgIpc) is 3.86. The van der Waals surface area contributed by atoms with Crippen LogP contribution in [0.4, 0.5) is 11.4 Å². The Kier molecular flexibility index (Phi) is 4.69. The second kappa shape index (κ2) is 8.94. The molecule has 3 aliphatic rings. The highest BCUT2D eigenvalue weighted by molar-refractivity contribution is 6.21. The lowest BCUT2D eigenvalue weighted by molar-refractivity contribution is 0.669. The fourth-order valence-electron chi connectivity index (χ4n) is 9.54. The molecular weight excluding hydrogens is 595 g/mol. The van der Waals surface area contributed by atoms with Crippen molar-refractivity contribution in [2.45, 2.75) is 5.41 Å². The molecule has 0 saturated carbocycles. The normalized spacial score (nSPS) is 15.8. The van der Waals surface area contributed by atoms with E-state index in [1.54, 1.807) is 0 Å². The molecule has 3 aliphatic carbocycles. The molecule has 1 atom stereocenters. The van der Waals surface area contributed by atoms with Crippen LogP contribution in [0.1, 0.15) is 22.3 Å². The topological polar surface area (TPSA) is 25.2 Å². The Balaban J connectivity index is 1.13. The number of para-hydroxylation sites is 1. The lowest BCUT2D eigenvalue weighted by Gasteiger charge is -2.31. The zero-order valence-electron chi connectivity index (χ0n) is 26.4. The number of rotatable bonds is 2. The number of nitrogens with one attached hydrogen (secondary N) is 1. The van der Waals surface area contributed by atoms with Gasteiger partial charge in [0.15, 0.2) is 0 Å². The molecule has 49 heavy (non-hydrogen) atoms. The van der Waals surface area contributed by atoms with Crippen molar-refractivity contribution >= 4 is 44.1 Å². The molecule has 9 aromatic rings. The monoisotopic (exact) mass is 621 g/mol.